The molecular weight excluding hydrogens is 298 g/mol. The van der Waals surface area contributed by atoms with Crippen LogP contribution in [-0.2, 0) is 17.6 Å². The number of carboxylic acids is 1. The van der Waals surface area contributed by atoms with Crippen LogP contribution in [0.3, 0.4) is 0 Å². The minimum atomic E-state index is -0.820. The van der Waals surface area contributed by atoms with Gasteiger partial charge >= 0.3 is 5.97 Å². The molecule has 4 heteroatoms. The maximum atomic E-state index is 11.2. The summed E-state index contributed by atoms with van der Waals surface area (Å²) in [5.41, 5.74) is 5.01. The molecule has 0 radical (unpaired) electrons. The van der Waals surface area contributed by atoms with Crippen LogP contribution in [0.1, 0.15) is 22.4 Å². The monoisotopic (exact) mass is 313 g/mol. The van der Waals surface area contributed by atoms with Gasteiger partial charge in [-0.25, -0.2) is 0 Å². The molecule has 0 fully saturated rings. The molecule has 1 aromatic heterocycles. The van der Waals surface area contributed by atoms with Gasteiger partial charge in [-0.15, -0.1) is 0 Å². The summed E-state index contributed by atoms with van der Waals surface area (Å²) in [6.07, 6.45) is 0.680. The van der Waals surface area contributed by atoms with E-state index >= 15 is 0 Å². The zero-order valence-electron chi connectivity index (χ0n) is 12.2. The molecule has 2 N–H and O–H groups in total. The Hall–Kier alpha value is -2.26. The Kier molecular flexibility index (Phi) is 3.90. The fraction of sp³-hybridized carbons (Fsp3) is 0.167. The van der Waals surface area contributed by atoms with E-state index in [-0.39, 0.29) is 6.42 Å². The van der Waals surface area contributed by atoms with Gasteiger partial charge in [-0.05, 0) is 42.3 Å². The molecule has 22 heavy (non-hydrogen) atoms. The van der Waals surface area contributed by atoms with Crippen LogP contribution in [0.4, 0.5) is 0 Å². The number of aryl methyl sites for hydroxylation is 1. The van der Waals surface area contributed by atoms with Gasteiger partial charge in [0.15, 0.2) is 0 Å². The summed E-state index contributed by atoms with van der Waals surface area (Å²) in [4.78, 5) is 14.6. The number of halogens is 1. The largest absolute Gasteiger partial charge is 0.481 e. The zero-order valence-corrected chi connectivity index (χ0v) is 12.9. The van der Waals surface area contributed by atoms with E-state index in [1.54, 1.807) is 0 Å². The van der Waals surface area contributed by atoms with Gasteiger partial charge in [-0.2, -0.15) is 0 Å². The molecule has 3 aromatic rings. The van der Waals surface area contributed by atoms with Crippen molar-refractivity contribution in [3.63, 3.8) is 0 Å². The molecule has 0 bridgehead atoms. The fourth-order valence-corrected chi connectivity index (χ4v) is 2.85. The highest BCUT2D eigenvalue weighted by molar-refractivity contribution is 6.30. The summed E-state index contributed by atoms with van der Waals surface area (Å²) < 4.78 is 0. The number of carbonyl (C=O) groups is 1. The number of carboxylic acid groups (broad SMARTS) is 1. The second kappa shape index (κ2) is 5.85. The Bertz CT molecular complexity index is 834. The molecule has 0 atom stereocenters. The van der Waals surface area contributed by atoms with Crippen LogP contribution in [0.15, 0.2) is 42.5 Å². The van der Waals surface area contributed by atoms with Gasteiger partial charge in [-0.3, -0.25) is 4.79 Å². The van der Waals surface area contributed by atoms with E-state index in [2.05, 4.69) is 4.98 Å². The third-order valence-corrected chi connectivity index (χ3v) is 4.02. The van der Waals surface area contributed by atoms with Crippen LogP contribution in [0.5, 0.6) is 0 Å². The van der Waals surface area contributed by atoms with Gasteiger partial charge in [0.1, 0.15) is 0 Å². The van der Waals surface area contributed by atoms with E-state index in [0.717, 1.165) is 33.3 Å². The average Bonchev–Trinajstić information content (AvgIpc) is 2.78. The van der Waals surface area contributed by atoms with Crippen molar-refractivity contribution in [3.05, 3.63) is 69.9 Å². The lowest BCUT2D eigenvalue weighted by atomic mass is 10.0. The SMILES string of the molecule is Cc1ccc2[nH]c(Cc3ccc(Cl)cc3)c(CC(=O)O)c2c1. The summed E-state index contributed by atoms with van der Waals surface area (Å²) >= 11 is 5.91. The number of aliphatic carboxylic acids is 1. The lowest BCUT2D eigenvalue weighted by Gasteiger charge is -2.04. The predicted molar refractivity (Wildman–Crippen MR) is 88.6 cm³/mol. The van der Waals surface area contributed by atoms with Crippen molar-refractivity contribution in [2.24, 2.45) is 0 Å². The number of aromatic amines is 1. The summed E-state index contributed by atoms with van der Waals surface area (Å²) in [5, 5.41) is 10.9. The number of rotatable bonds is 4. The van der Waals surface area contributed by atoms with Gasteiger partial charge in [0.05, 0.1) is 6.42 Å². The lowest BCUT2D eigenvalue weighted by molar-refractivity contribution is -0.136. The Morgan fingerprint density at radius 2 is 1.91 bits per heavy atom. The quantitative estimate of drug-likeness (QED) is 0.752. The van der Waals surface area contributed by atoms with E-state index < -0.39 is 5.97 Å². The van der Waals surface area contributed by atoms with Crippen LogP contribution >= 0.6 is 11.6 Å². The van der Waals surface area contributed by atoms with Crippen LogP contribution in [0.2, 0.25) is 5.02 Å². The Balaban J connectivity index is 2.07. The van der Waals surface area contributed by atoms with Gasteiger partial charge in [0.2, 0.25) is 0 Å². The van der Waals surface area contributed by atoms with E-state index in [1.807, 2.05) is 49.4 Å². The van der Waals surface area contributed by atoms with Gasteiger partial charge in [-0.1, -0.05) is 35.4 Å². The molecule has 112 valence electrons. The smallest absolute Gasteiger partial charge is 0.307 e. The second-order valence-corrected chi connectivity index (χ2v) is 5.94. The molecule has 2 aromatic carbocycles. The Morgan fingerprint density at radius 1 is 1.18 bits per heavy atom. The molecule has 0 saturated heterocycles. The summed E-state index contributed by atoms with van der Waals surface area (Å²) in [5.74, 6) is -0.820. The van der Waals surface area contributed by atoms with Gasteiger partial charge < -0.3 is 10.1 Å². The Morgan fingerprint density at radius 3 is 2.59 bits per heavy atom. The second-order valence-electron chi connectivity index (χ2n) is 5.50. The van der Waals surface area contributed by atoms with Gasteiger partial charge in [0, 0.05) is 28.0 Å². The van der Waals surface area contributed by atoms with E-state index in [0.29, 0.717) is 11.4 Å². The number of benzene rings is 2. The van der Waals surface area contributed by atoms with E-state index in [1.165, 1.54) is 0 Å². The Labute approximate surface area is 133 Å². The topological polar surface area (TPSA) is 53.1 Å². The minimum Gasteiger partial charge on any atom is -0.481 e. The molecule has 0 aliphatic heterocycles. The number of fused-ring (bicyclic) bond motifs is 1. The van der Waals surface area contributed by atoms with Crippen LogP contribution in [0, 0.1) is 6.92 Å². The first-order valence-corrected chi connectivity index (χ1v) is 7.47. The maximum absolute atomic E-state index is 11.2. The van der Waals surface area contributed by atoms with Crippen LogP contribution in [-0.4, -0.2) is 16.1 Å². The summed E-state index contributed by atoms with van der Waals surface area (Å²) in [7, 11) is 0. The first kappa shape index (κ1) is 14.7. The lowest BCUT2D eigenvalue weighted by Crippen LogP contribution is -2.03. The molecule has 0 amide bonds. The van der Waals surface area contributed by atoms with Crippen molar-refractivity contribution < 1.29 is 9.90 Å². The highest BCUT2D eigenvalue weighted by atomic mass is 35.5. The van der Waals surface area contributed by atoms with Crippen molar-refractivity contribution in [2.75, 3.05) is 0 Å². The van der Waals surface area contributed by atoms with Crippen molar-refractivity contribution in [1.82, 2.24) is 4.98 Å². The molecular formula is C18H16ClNO2. The first-order chi connectivity index (χ1) is 10.5. The summed E-state index contributed by atoms with van der Waals surface area (Å²) in [6.45, 7) is 2.01. The number of hydrogen-bond acceptors (Lipinski definition) is 1. The number of hydrogen-bond donors (Lipinski definition) is 2. The van der Waals surface area contributed by atoms with Crippen LogP contribution in [0.25, 0.3) is 10.9 Å². The maximum Gasteiger partial charge on any atom is 0.307 e. The molecule has 3 nitrogen and oxygen atoms in total. The molecule has 0 saturated carbocycles. The number of H-pyrrole nitrogens is 1. The summed E-state index contributed by atoms with van der Waals surface area (Å²) in [6, 6.07) is 13.7. The first-order valence-electron chi connectivity index (χ1n) is 7.09. The van der Waals surface area contributed by atoms with Crippen molar-refractivity contribution in [2.45, 2.75) is 19.8 Å². The standard InChI is InChI=1S/C18H16ClNO2/c1-11-2-7-16-14(8-11)15(10-18(21)22)17(20-16)9-12-3-5-13(19)6-4-12/h2-8,20H,9-10H2,1H3,(H,21,22). The molecule has 3 rings (SSSR count). The molecule has 0 aliphatic rings. The minimum absolute atomic E-state index is 0.0202. The predicted octanol–water partition coefficient (Wildman–Crippen LogP) is 4.35. The van der Waals surface area contributed by atoms with E-state index in [9.17, 15) is 9.90 Å². The third-order valence-electron chi connectivity index (χ3n) is 3.77. The van der Waals surface area contributed by atoms with Crippen molar-refractivity contribution in [3.8, 4) is 0 Å². The van der Waals surface area contributed by atoms with Crippen molar-refractivity contribution in [1.29, 1.82) is 0 Å². The third kappa shape index (κ3) is 3.00. The molecule has 0 unspecified atom stereocenters. The van der Waals surface area contributed by atoms with Gasteiger partial charge in [0.25, 0.3) is 0 Å². The fourth-order valence-electron chi connectivity index (χ4n) is 2.73. The number of nitrogens with one attached hydrogen (secondary N) is 1. The highest BCUT2D eigenvalue weighted by Crippen LogP contribution is 2.26. The molecule has 1 heterocycles. The van der Waals surface area contributed by atoms with Crippen LogP contribution < -0.4 is 0 Å². The van der Waals surface area contributed by atoms with E-state index in [4.69, 9.17) is 11.6 Å². The van der Waals surface area contributed by atoms with Crippen molar-refractivity contribution >= 4 is 28.5 Å². The average molecular weight is 314 g/mol. The normalized spacial score (nSPS) is 11.0. The highest BCUT2D eigenvalue weighted by Gasteiger charge is 2.15. The molecule has 0 spiro atoms. The zero-order chi connectivity index (χ0) is 15.7. The number of aromatic nitrogens is 1. The molecule has 0 aliphatic carbocycles.